The van der Waals surface area contributed by atoms with Crippen molar-refractivity contribution in [2.75, 3.05) is 0 Å². The maximum absolute atomic E-state index is 3.47. The fraction of sp³-hybridized carbons (Fsp3) is 0.368. The summed E-state index contributed by atoms with van der Waals surface area (Å²) in [5, 5.41) is 3.47. The minimum absolute atomic E-state index is 0.528. The van der Waals surface area contributed by atoms with Crippen molar-refractivity contribution in [3.05, 3.63) is 64.7 Å². The van der Waals surface area contributed by atoms with Crippen molar-refractivity contribution in [1.29, 1.82) is 0 Å². The Labute approximate surface area is 133 Å². The number of nitrogens with one attached hydrogen (secondary N) is 1. The summed E-state index contributed by atoms with van der Waals surface area (Å²) in [7, 11) is 0. The summed E-state index contributed by atoms with van der Waals surface area (Å²) in [6.07, 6.45) is 0. The van der Waals surface area contributed by atoms with Crippen molar-refractivity contribution in [3.8, 4) is 0 Å². The first-order valence-electron chi connectivity index (χ1n) is 7.56. The lowest BCUT2D eigenvalue weighted by molar-refractivity contribution is 0.588. The Balaban J connectivity index is 1.97. The van der Waals surface area contributed by atoms with Crippen LogP contribution in [0.15, 0.2) is 47.4 Å². The summed E-state index contributed by atoms with van der Waals surface area (Å²) in [4.78, 5) is 1.38. The van der Waals surface area contributed by atoms with Crippen LogP contribution in [0.5, 0.6) is 0 Å². The normalized spacial score (nSPS) is 11.1. The lowest BCUT2D eigenvalue weighted by Gasteiger charge is -2.11. The van der Waals surface area contributed by atoms with Crippen molar-refractivity contribution >= 4 is 11.8 Å². The van der Waals surface area contributed by atoms with E-state index in [1.807, 2.05) is 11.8 Å². The van der Waals surface area contributed by atoms with E-state index in [0.717, 1.165) is 12.3 Å². The van der Waals surface area contributed by atoms with Gasteiger partial charge in [-0.3, -0.25) is 0 Å². The third-order valence-corrected chi connectivity index (χ3v) is 4.68. The van der Waals surface area contributed by atoms with Gasteiger partial charge in [0.1, 0.15) is 0 Å². The molecule has 0 bridgehead atoms. The average molecular weight is 299 g/mol. The zero-order valence-electron chi connectivity index (χ0n) is 13.4. The van der Waals surface area contributed by atoms with E-state index in [0.29, 0.717) is 6.04 Å². The molecule has 0 heterocycles. The molecule has 2 rings (SSSR count). The zero-order valence-corrected chi connectivity index (χ0v) is 14.3. The van der Waals surface area contributed by atoms with Gasteiger partial charge in [0.2, 0.25) is 0 Å². The number of thioether (sulfide) groups is 1. The molecule has 0 amide bonds. The molecule has 0 aliphatic carbocycles. The molecule has 0 saturated carbocycles. The van der Waals surface area contributed by atoms with Crippen LogP contribution in [0.25, 0.3) is 0 Å². The molecule has 0 aliphatic heterocycles. The van der Waals surface area contributed by atoms with Crippen LogP contribution in [0.3, 0.4) is 0 Å². The minimum Gasteiger partial charge on any atom is -0.310 e. The summed E-state index contributed by atoms with van der Waals surface area (Å²) < 4.78 is 0. The molecule has 0 unspecified atom stereocenters. The Bertz CT molecular complexity index is 590. The molecule has 2 aromatic carbocycles. The lowest BCUT2D eigenvalue weighted by atomic mass is 10.1. The Kier molecular flexibility index (Phi) is 5.89. The summed E-state index contributed by atoms with van der Waals surface area (Å²) in [5.74, 6) is 1.03. The lowest BCUT2D eigenvalue weighted by Crippen LogP contribution is -2.21. The molecule has 21 heavy (non-hydrogen) atoms. The van der Waals surface area contributed by atoms with E-state index in [9.17, 15) is 0 Å². The van der Waals surface area contributed by atoms with Gasteiger partial charge in [-0.25, -0.2) is 0 Å². The van der Waals surface area contributed by atoms with Gasteiger partial charge in [-0.2, -0.15) is 0 Å². The molecule has 0 aromatic heterocycles. The molecule has 0 saturated heterocycles. The van der Waals surface area contributed by atoms with Gasteiger partial charge < -0.3 is 5.32 Å². The average Bonchev–Trinajstić information content (AvgIpc) is 2.44. The van der Waals surface area contributed by atoms with Crippen LogP contribution in [0, 0.1) is 13.8 Å². The predicted molar refractivity (Wildman–Crippen MR) is 93.9 cm³/mol. The van der Waals surface area contributed by atoms with E-state index in [1.54, 1.807) is 0 Å². The second-order valence-corrected chi connectivity index (χ2v) is 6.93. The molecule has 0 fully saturated rings. The smallest absolute Gasteiger partial charge is 0.0232 e. The van der Waals surface area contributed by atoms with Crippen molar-refractivity contribution < 1.29 is 0 Å². The summed E-state index contributed by atoms with van der Waals surface area (Å²) in [6, 6.07) is 16.1. The van der Waals surface area contributed by atoms with Gasteiger partial charge in [0.25, 0.3) is 0 Å². The van der Waals surface area contributed by atoms with Crippen LogP contribution < -0.4 is 5.32 Å². The molecule has 0 spiro atoms. The van der Waals surface area contributed by atoms with E-state index in [-0.39, 0.29) is 0 Å². The summed E-state index contributed by atoms with van der Waals surface area (Å²) >= 11 is 1.92. The third kappa shape index (κ3) is 5.22. The summed E-state index contributed by atoms with van der Waals surface area (Å²) in [5.41, 5.74) is 5.46. The molecule has 1 nitrogen and oxygen atoms in total. The molecule has 2 aromatic rings. The Morgan fingerprint density at radius 1 is 1.00 bits per heavy atom. The van der Waals surface area contributed by atoms with E-state index in [4.69, 9.17) is 0 Å². The second-order valence-electron chi connectivity index (χ2n) is 5.91. The highest BCUT2D eigenvalue weighted by molar-refractivity contribution is 7.98. The van der Waals surface area contributed by atoms with Gasteiger partial charge >= 0.3 is 0 Å². The van der Waals surface area contributed by atoms with Crippen LogP contribution in [0.2, 0.25) is 0 Å². The Hall–Kier alpha value is -1.25. The van der Waals surface area contributed by atoms with Gasteiger partial charge in [0, 0.05) is 23.2 Å². The van der Waals surface area contributed by atoms with Gasteiger partial charge in [-0.05, 0) is 36.6 Å². The molecular weight excluding hydrogens is 274 g/mol. The van der Waals surface area contributed by atoms with Crippen LogP contribution >= 0.6 is 11.8 Å². The van der Waals surface area contributed by atoms with Crippen molar-refractivity contribution in [1.82, 2.24) is 5.32 Å². The van der Waals surface area contributed by atoms with Crippen LogP contribution in [-0.4, -0.2) is 6.04 Å². The molecule has 0 radical (unpaired) electrons. The topological polar surface area (TPSA) is 12.0 Å². The standard InChI is InChI=1S/C19H25NS/c1-14(2)20-12-17-8-9-19(16(4)11-17)21-13-18-7-5-6-15(3)10-18/h5-11,14,20H,12-13H2,1-4H3. The first-order valence-corrected chi connectivity index (χ1v) is 8.54. The highest BCUT2D eigenvalue weighted by Gasteiger charge is 2.03. The maximum atomic E-state index is 3.47. The molecular formula is C19H25NS. The van der Waals surface area contributed by atoms with Crippen LogP contribution in [-0.2, 0) is 12.3 Å². The number of hydrogen-bond donors (Lipinski definition) is 1. The predicted octanol–water partition coefficient (Wildman–Crippen LogP) is 5.09. The number of hydrogen-bond acceptors (Lipinski definition) is 2. The third-order valence-electron chi connectivity index (χ3n) is 3.43. The zero-order chi connectivity index (χ0) is 15.2. The van der Waals surface area contributed by atoms with Crippen molar-refractivity contribution in [2.24, 2.45) is 0 Å². The molecule has 0 aliphatic rings. The largest absolute Gasteiger partial charge is 0.310 e. The molecule has 1 N–H and O–H groups in total. The number of benzene rings is 2. The highest BCUT2D eigenvalue weighted by atomic mass is 32.2. The van der Waals surface area contributed by atoms with E-state index >= 15 is 0 Å². The van der Waals surface area contributed by atoms with Crippen molar-refractivity contribution in [2.45, 2.75) is 50.9 Å². The van der Waals surface area contributed by atoms with Gasteiger partial charge in [0.05, 0.1) is 0 Å². The number of rotatable bonds is 6. The van der Waals surface area contributed by atoms with Crippen LogP contribution in [0.4, 0.5) is 0 Å². The molecule has 112 valence electrons. The quantitative estimate of drug-likeness (QED) is 0.745. The first kappa shape index (κ1) is 16.1. The minimum atomic E-state index is 0.528. The monoisotopic (exact) mass is 299 g/mol. The van der Waals surface area contributed by atoms with E-state index in [2.05, 4.69) is 75.5 Å². The second kappa shape index (κ2) is 7.67. The number of aryl methyl sites for hydroxylation is 2. The fourth-order valence-corrected chi connectivity index (χ4v) is 3.22. The molecule has 0 atom stereocenters. The van der Waals surface area contributed by atoms with Gasteiger partial charge in [-0.1, -0.05) is 55.8 Å². The first-order chi connectivity index (χ1) is 10.0. The Morgan fingerprint density at radius 2 is 1.81 bits per heavy atom. The Morgan fingerprint density at radius 3 is 2.48 bits per heavy atom. The SMILES string of the molecule is Cc1cccc(CSc2ccc(CNC(C)C)cc2C)c1. The highest BCUT2D eigenvalue weighted by Crippen LogP contribution is 2.27. The van der Waals surface area contributed by atoms with Crippen molar-refractivity contribution in [3.63, 3.8) is 0 Å². The van der Waals surface area contributed by atoms with Crippen LogP contribution in [0.1, 0.15) is 36.1 Å². The maximum Gasteiger partial charge on any atom is 0.0232 e. The summed E-state index contributed by atoms with van der Waals surface area (Å²) in [6.45, 7) is 9.66. The van der Waals surface area contributed by atoms with Gasteiger partial charge in [0.15, 0.2) is 0 Å². The fourth-order valence-electron chi connectivity index (χ4n) is 2.27. The van der Waals surface area contributed by atoms with E-state index in [1.165, 1.54) is 27.1 Å². The van der Waals surface area contributed by atoms with E-state index < -0.39 is 0 Å². The molecule has 2 heteroatoms. The van der Waals surface area contributed by atoms with Gasteiger partial charge in [-0.15, -0.1) is 11.8 Å².